The van der Waals surface area contributed by atoms with Gasteiger partial charge in [0.15, 0.2) is 5.58 Å². The van der Waals surface area contributed by atoms with Gasteiger partial charge >= 0.3 is 5.76 Å². The number of carbonyl (C=O) groups is 2. The Morgan fingerprint density at radius 1 is 1.14 bits per heavy atom. The number of halogens is 1. The molecule has 0 saturated carbocycles. The van der Waals surface area contributed by atoms with E-state index >= 15 is 0 Å². The predicted molar refractivity (Wildman–Crippen MR) is 110 cm³/mol. The molecule has 7 nitrogen and oxygen atoms in total. The molecule has 0 aliphatic rings. The molecule has 0 unspecified atom stereocenters. The van der Waals surface area contributed by atoms with E-state index in [0.29, 0.717) is 29.8 Å². The van der Waals surface area contributed by atoms with Gasteiger partial charge in [-0.1, -0.05) is 28.1 Å². The van der Waals surface area contributed by atoms with E-state index in [4.69, 9.17) is 4.42 Å². The molecule has 0 bridgehead atoms. The van der Waals surface area contributed by atoms with Crippen molar-refractivity contribution < 1.29 is 14.0 Å². The van der Waals surface area contributed by atoms with Crippen LogP contribution in [0.2, 0.25) is 0 Å². The molecule has 0 aliphatic carbocycles. The quantitative estimate of drug-likeness (QED) is 0.583. The lowest BCUT2D eigenvalue weighted by atomic mass is 10.2. The summed E-state index contributed by atoms with van der Waals surface area (Å²) in [5, 5.41) is 5.33. The first-order valence-corrected chi connectivity index (χ1v) is 9.64. The van der Waals surface area contributed by atoms with Crippen molar-refractivity contribution in [3.63, 3.8) is 0 Å². The lowest BCUT2D eigenvalue weighted by Gasteiger charge is -2.08. The smallest absolute Gasteiger partial charge is 0.408 e. The summed E-state index contributed by atoms with van der Waals surface area (Å²) in [5.41, 5.74) is 2.91. The largest absolute Gasteiger partial charge is 0.419 e. The lowest BCUT2D eigenvalue weighted by molar-refractivity contribution is -0.124. The second kappa shape index (κ2) is 8.88. The number of fused-ring (bicyclic) bond motifs is 1. The summed E-state index contributed by atoms with van der Waals surface area (Å²) < 4.78 is 7.63. The molecule has 0 fully saturated rings. The Balaban J connectivity index is 1.44. The average Bonchev–Trinajstić information content (AvgIpc) is 2.98. The molecule has 0 atom stereocenters. The molecule has 146 valence electrons. The second-order valence-corrected chi connectivity index (χ2v) is 7.23. The molecular formula is C20H20BrN3O4. The van der Waals surface area contributed by atoms with Crippen LogP contribution in [-0.2, 0) is 16.1 Å². The molecule has 3 rings (SSSR count). The highest BCUT2D eigenvalue weighted by Gasteiger charge is 2.10. The van der Waals surface area contributed by atoms with E-state index in [9.17, 15) is 14.4 Å². The van der Waals surface area contributed by atoms with Crippen LogP contribution in [0.25, 0.3) is 11.1 Å². The standard InChI is InChI=1S/C20H20BrN3O4/c1-13-11-14(8-9-15(13)21)23-19(26)12-22-18(25)7-4-10-24-16-5-2-3-6-17(16)28-20(24)27/h2-3,5-6,8-9,11H,4,7,10,12H2,1H3,(H,22,25)(H,23,26). The van der Waals surface area contributed by atoms with Crippen LogP contribution in [-0.4, -0.2) is 22.9 Å². The number of nitrogens with zero attached hydrogens (tertiary/aromatic N) is 1. The van der Waals surface area contributed by atoms with Gasteiger partial charge in [0.25, 0.3) is 0 Å². The maximum absolute atomic E-state index is 12.0. The zero-order valence-electron chi connectivity index (χ0n) is 15.3. The van der Waals surface area contributed by atoms with Crippen LogP contribution in [0.3, 0.4) is 0 Å². The molecule has 28 heavy (non-hydrogen) atoms. The number of para-hydroxylation sites is 2. The Bertz CT molecular complexity index is 1070. The molecule has 0 spiro atoms. The number of oxazole rings is 1. The third-order valence-electron chi connectivity index (χ3n) is 4.25. The average molecular weight is 446 g/mol. The molecule has 3 aromatic rings. The summed E-state index contributed by atoms with van der Waals surface area (Å²) >= 11 is 3.40. The van der Waals surface area contributed by atoms with Gasteiger partial charge in [0.05, 0.1) is 12.1 Å². The van der Waals surface area contributed by atoms with Crippen LogP contribution in [0.4, 0.5) is 5.69 Å². The molecule has 0 saturated heterocycles. The number of carbonyl (C=O) groups excluding carboxylic acids is 2. The molecule has 2 N–H and O–H groups in total. The number of rotatable bonds is 7. The van der Waals surface area contributed by atoms with Crippen LogP contribution in [0, 0.1) is 6.92 Å². The molecular weight excluding hydrogens is 426 g/mol. The first kappa shape index (κ1) is 19.9. The van der Waals surface area contributed by atoms with Crippen LogP contribution >= 0.6 is 15.9 Å². The fourth-order valence-electron chi connectivity index (χ4n) is 2.82. The van der Waals surface area contributed by atoms with E-state index in [1.165, 1.54) is 4.57 Å². The maximum Gasteiger partial charge on any atom is 0.419 e. The Morgan fingerprint density at radius 2 is 1.93 bits per heavy atom. The number of benzene rings is 2. The highest BCUT2D eigenvalue weighted by Crippen LogP contribution is 2.19. The van der Waals surface area contributed by atoms with Crippen molar-refractivity contribution in [2.45, 2.75) is 26.3 Å². The third kappa shape index (κ3) is 4.89. The number of aromatic nitrogens is 1. The highest BCUT2D eigenvalue weighted by molar-refractivity contribution is 9.10. The zero-order chi connectivity index (χ0) is 20.1. The van der Waals surface area contributed by atoms with Gasteiger partial charge in [-0.15, -0.1) is 0 Å². The summed E-state index contributed by atoms with van der Waals surface area (Å²) in [7, 11) is 0. The summed E-state index contributed by atoms with van der Waals surface area (Å²) in [5.74, 6) is -0.985. The number of anilines is 1. The number of aryl methyl sites for hydroxylation is 2. The summed E-state index contributed by atoms with van der Waals surface area (Å²) in [6, 6.07) is 12.6. The normalized spacial score (nSPS) is 10.8. The molecule has 2 aromatic carbocycles. The first-order chi connectivity index (χ1) is 13.4. The predicted octanol–water partition coefficient (Wildman–Crippen LogP) is 3.20. The van der Waals surface area contributed by atoms with Crippen LogP contribution in [0.5, 0.6) is 0 Å². The van der Waals surface area contributed by atoms with Gasteiger partial charge in [0.1, 0.15) is 0 Å². The Morgan fingerprint density at radius 3 is 2.71 bits per heavy atom. The highest BCUT2D eigenvalue weighted by atomic mass is 79.9. The minimum atomic E-state index is -0.439. The lowest BCUT2D eigenvalue weighted by Crippen LogP contribution is -2.33. The van der Waals surface area contributed by atoms with E-state index in [2.05, 4.69) is 26.6 Å². The van der Waals surface area contributed by atoms with Crippen molar-refractivity contribution in [2.24, 2.45) is 0 Å². The van der Waals surface area contributed by atoms with Crippen molar-refractivity contribution in [2.75, 3.05) is 11.9 Å². The zero-order valence-corrected chi connectivity index (χ0v) is 16.9. The third-order valence-corrected chi connectivity index (χ3v) is 5.14. The van der Waals surface area contributed by atoms with Crippen molar-refractivity contribution in [3.05, 3.63) is 63.1 Å². The van der Waals surface area contributed by atoms with Crippen LogP contribution in [0.1, 0.15) is 18.4 Å². The van der Waals surface area contributed by atoms with E-state index < -0.39 is 5.76 Å². The summed E-state index contributed by atoms with van der Waals surface area (Å²) in [6.45, 7) is 2.19. The van der Waals surface area contributed by atoms with Gasteiger partial charge in [-0.3, -0.25) is 14.2 Å². The Hall–Kier alpha value is -2.87. The number of amides is 2. The minimum Gasteiger partial charge on any atom is -0.408 e. The van der Waals surface area contributed by atoms with Gasteiger partial charge in [0.2, 0.25) is 11.8 Å². The molecule has 8 heteroatoms. The van der Waals surface area contributed by atoms with E-state index in [1.54, 1.807) is 24.3 Å². The van der Waals surface area contributed by atoms with E-state index in [1.807, 2.05) is 25.1 Å². The monoisotopic (exact) mass is 445 g/mol. The Labute approximate surface area is 169 Å². The van der Waals surface area contributed by atoms with Crippen molar-refractivity contribution in [3.8, 4) is 0 Å². The van der Waals surface area contributed by atoms with Gasteiger partial charge in [-0.25, -0.2) is 4.79 Å². The molecule has 1 aromatic heterocycles. The minimum absolute atomic E-state index is 0.109. The number of hydrogen-bond donors (Lipinski definition) is 2. The topological polar surface area (TPSA) is 93.3 Å². The number of nitrogens with one attached hydrogen (secondary N) is 2. The second-order valence-electron chi connectivity index (χ2n) is 6.38. The van der Waals surface area contributed by atoms with Crippen molar-refractivity contribution >= 4 is 44.5 Å². The Kier molecular flexibility index (Phi) is 6.30. The van der Waals surface area contributed by atoms with Crippen molar-refractivity contribution in [1.82, 2.24) is 9.88 Å². The summed E-state index contributed by atoms with van der Waals surface area (Å²) in [4.78, 5) is 35.8. The number of hydrogen-bond acceptors (Lipinski definition) is 4. The van der Waals surface area contributed by atoms with Crippen LogP contribution in [0.15, 0.2) is 56.1 Å². The molecule has 1 heterocycles. The van der Waals surface area contributed by atoms with Crippen LogP contribution < -0.4 is 16.4 Å². The van der Waals surface area contributed by atoms with Gasteiger partial charge < -0.3 is 15.1 Å². The SMILES string of the molecule is Cc1cc(NC(=O)CNC(=O)CCCn2c(=O)oc3ccccc32)ccc1Br. The van der Waals surface area contributed by atoms with Gasteiger partial charge in [-0.05, 0) is 49.2 Å². The first-order valence-electron chi connectivity index (χ1n) is 8.85. The van der Waals surface area contributed by atoms with Gasteiger partial charge in [-0.2, -0.15) is 0 Å². The van der Waals surface area contributed by atoms with Gasteiger partial charge in [0, 0.05) is 23.1 Å². The van der Waals surface area contributed by atoms with Crippen molar-refractivity contribution in [1.29, 1.82) is 0 Å². The fourth-order valence-corrected chi connectivity index (χ4v) is 3.06. The maximum atomic E-state index is 12.0. The molecule has 0 radical (unpaired) electrons. The van der Waals surface area contributed by atoms with E-state index in [0.717, 1.165) is 10.0 Å². The molecule has 2 amide bonds. The molecule has 0 aliphatic heterocycles. The van der Waals surface area contributed by atoms with E-state index in [-0.39, 0.29) is 24.8 Å². The fraction of sp³-hybridized carbons (Fsp3) is 0.250. The summed E-state index contributed by atoms with van der Waals surface area (Å²) in [6.07, 6.45) is 0.666.